The lowest BCUT2D eigenvalue weighted by Gasteiger charge is -2.07. The summed E-state index contributed by atoms with van der Waals surface area (Å²) in [5.41, 5.74) is -0.167. The van der Waals surface area contributed by atoms with E-state index in [0.29, 0.717) is 17.2 Å². The number of carbonyl (C=O) groups excluding carboxylic acids is 1. The Bertz CT molecular complexity index is 615. The van der Waals surface area contributed by atoms with Crippen molar-refractivity contribution in [3.8, 4) is 0 Å². The number of pyridine rings is 1. The first-order valence-electron chi connectivity index (χ1n) is 4.56. The Labute approximate surface area is 100 Å². The summed E-state index contributed by atoms with van der Waals surface area (Å²) in [5.74, 6) is 0. The molecule has 2 aromatic rings. The number of halogens is 1. The Hall–Kier alpha value is -2.21. The first kappa shape index (κ1) is 11.3. The number of nitro benzene ring substituents is 1. The molecule has 2 rings (SSSR count). The molecule has 6 nitrogen and oxygen atoms in total. The third-order valence-electron chi connectivity index (χ3n) is 2.27. The van der Waals surface area contributed by atoms with Gasteiger partial charge in [0.1, 0.15) is 5.69 Å². The number of benzene rings is 1. The monoisotopic (exact) mass is 251 g/mol. The number of anilines is 1. The van der Waals surface area contributed by atoms with Gasteiger partial charge in [0.2, 0.25) is 6.41 Å². The topological polar surface area (TPSA) is 85.1 Å². The van der Waals surface area contributed by atoms with Crippen LogP contribution in [0.3, 0.4) is 0 Å². The average Bonchev–Trinajstić information content (AvgIpc) is 2.32. The number of fused-ring (bicyclic) bond motifs is 1. The number of nitrogens with one attached hydrogen (secondary N) is 1. The first-order chi connectivity index (χ1) is 8.15. The molecular formula is C10H6ClN3O3. The van der Waals surface area contributed by atoms with Gasteiger partial charge in [-0.2, -0.15) is 0 Å². The van der Waals surface area contributed by atoms with E-state index >= 15 is 0 Å². The van der Waals surface area contributed by atoms with Crippen LogP contribution in [0.1, 0.15) is 0 Å². The van der Waals surface area contributed by atoms with Crippen LogP contribution in [0.25, 0.3) is 10.8 Å². The number of hydrogen-bond donors (Lipinski definition) is 1. The van der Waals surface area contributed by atoms with Crippen LogP contribution in [0.2, 0.25) is 5.02 Å². The zero-order chi connectivity index (χ0) is 12.4. The van der Waals surface area contributed by atoms with Crippen LogP contribution in [0, 0.1) is 10.1 Å². The molecule has 0 aliphatic heterocycles. The van der Waals surface area contributed by atoms with Gasteiger partial charge >= 0.3 is 0 Å². The van der Waals surface area contributed by atoms with Crippen molar-refractivity contribution >= 4 is 40.2 Å². The quantitative estimate of drug-likeness (QED) is 0.515. The summed E-state index contributed by atoms with van der Waals surface area (Å²) < 4.78 is 0. The van der Waals surface area contributed by atoms with Crippen molar-refractivity contribution in [1.82, 2.24) is 4.98 Å². The second-order valence-electron chi connectivity index (χ2n) is 3.19. The molecule has 7 heteroatoms. The zero-order valence-electron chi connectivity index (χ0n) is 8.38. The van der Waals surface area contributed by atoms with E-state index in [0.717, 1.165) is 0 Å². The fraction of sp³-hybridized carbons (Fsp3) is 0. The Morgan fingerprint density at radius 3 is 2.88 bits per heavy atom. The van der Waals surface area contributed by atoms with E-state index in [1.54, 1.807) is 6.07 Å². The van der Waals surface area contributed by atoms with E-state index in [1.807, 2.05) is 0 Å². The van der Waals surface area contributed by atoms with Crippen molar-refractivity contribution in [2.75, 3.05) is 5.32 Å². The Morgan fingerprint density at radius 1 is 1.47 bits per heavy atom. The molecule has 0 atom stereocenters. The van der Waals surface area contributed by atoms with Crippen molar-refractivity contribution in [1.29, 1.82) is 0 Å². The van der Waals surface area contributed by atoms with E-state index in [9.17, 15) is 14.9 Å². The van der Waals surface area contributed by atoms with Crippen molar-refractivity contribution in [3.63, 3.8) is 0 Å². The minimum Gasteiger partial charge on any atom is -0.322 e. The molecule has 1 N–H and O–H groups in total. The molecule has 0 radical (unpaired) electrons. The molecule has 0 saturated carbocycles. The lowest BCUT2D eigenvalue weighted by Crippen LogP contribution is -2.01. The molecule has 0 bridgehead atoms. The molecule has 1 aromatic heterocycles. The largest absolute Gasteiger partial charge is 0.322 e. The molecule has 0 aliphatic carbocycles. The lowest BCUT2D eigenvalue weighted by atomic mass is 10.1. The minimum atomic E-state index is -0.607. The van der Waals surface area contributed by atoms with Gasteiger partial charge in [-0.15, -0.1) is 0 Å². The number of hydrogen-bond acceptors (Lipinski definition) is 4. The van der Waals surface area contributed by atoms with E-state index in [4.69, 9.17) is 11.6 Å². The van der Waals surface area contributed by atoms with Crippen molar-refractivity contribution < 1.29 is 9.72 Å². The van der Waals surface area contributed by atoms with Gasteiger partial charge in [-0.25, -0.2) is 0 Å². The van der Waals surface area contributed by atoms with E-state index in [1.165, 1.54) is 18.5 Å². The van der Waals surface area contributed by atoms with Gasteiger partial charge in [-0.3, -0.25) is 19.9 Å². The molecule has 0 saturated heterocycles. The van der Waals surface area contributed by atoms with E-state index < -0.39 is 4.92 Å². The maximum atomic E-state index is 10.9. The van der Waals surface area contributed by atoms with Gasteiger partial charge < -0.3 is 5.32 Å². The van der Waals surface area contributed by atoms with Crippen molar-refractivity contribution in [2.45, 2.75) is 0 Å². The standard InChI is InChI=1S/C10H6ClN3O3/c11-8-3-9(14(16)17)10(13-5-15)7-4-12-2-1-6(7)8/h1-5H,(H,13,15). The Morgan fingerprint density at radius 2 is 2.24 bits per heavy atom. The second-order valence-corrected chi connectivity index (χ2v) is 3.60. The van der Waals surface area contributed by atoms with Crippen LogP contribution in [0.4, 0.5) is 11.4 Å². The van der Waals surface area contributed by atoms with Gasteiger partial charge in [0, 0.05) is 29.2 Å². The number of aromatic nitrogens is 1. The number of rotatable bonds is 3. The summed E-state index contributed by atoms with van der Waals surface area (Å²) in [5, 5.41) is 14.4. The summed E-state index contributed by atoms with van der Waals surface area (Å²) >= 11 is 5.93. The van der Waals surface area contributed by atoms with Gasteiger partial charge in [0.15, 0.2) is 0 Å². The van der Waals surface area contributed by atoms with Crippen LogP contribution < -0.4 is 5.32 Å². The predicted octanol–water partition coefficient (Wildman–Crippen LogP) is 2.36. The molecule has 1 aromatic carbocycles. The normalized spacial score (nSPS) is 10.2. The molecule has 1 heterocycles. The molecule has 0 aliphatic rings. The number of nitro groups is 1. The molecule has 86 valence electrons. The van der Waals surface area contributed by atoms with Gasteiger partial charge in [0.05, 0.1) is 9.95 Å². The smallest absolute Gasteiger partial charge is 0.294 e. The highest BCUT2D eigenvalue weighted by Crippen LogP contribution is 2.37. The Balaban J connectivity index is 2.87. The average molecular weight is 252 g/mol. The van der Waals surface area contributed by atoms with Crippen molar-refractivity contribution in [2.24, 2.45) is 0 Å². The Kier molecular flexibility index (Phi) is 2.88. The lowest BCUT2D eigenvalue weighted by molar-refractivity contribution is -0.383. The summed E-state index contributed by atoms with van der Waals surface area (Å²) in [6.45, 7) is 0. The summed E-state index contributed by atoms with van der Waals surface area (Å²) in [6, 6.07) is 2.83. The fourth-order valence-electron chi connectivity index (χ4n) is 1.56. The van der Waals surface area contributed by atoms with Crippen LogP contribution >= 0.6 is 11.6 Å². The molecule has 0 fully saturated rings. The third-order valence-corrected chi connectivity index (χ3v) is 2.58. The molecule has 1 amide bonds. The van der Waals surface area contributed by atoms with Crippen LogP contribution in [0.5, 0.6) is 0 Å². The predicted molar refractivity (Wildman–Crippen MR) is 63.1 cm³/mol. The van der Waals surface area contributed by atoms with Crippen LogP contribution in [0.15, 0.2) is 24.5 Å². The van der Waals surface area contributed by atoms with Crippen LogP contribution in [-0.4, -0.2) is 16.3 Å². The maximum absolute atomic E-state index is 10.9. The zero-order valence-corrected chi connectivity index (χ0v) is 9.14. The summed E-state index contributed by atoms with van der Waals surface area (Å²) in [6.07, 6.45) is 3.31. The second kappa shape index (κ2) is 4.34. The highest BCUT2D eigenvalue weighted by atomic mass is 35.5. The highest BCUT2D eigenvalue weighted by molar-refractivity contribution is 6.36. The fourth-order valence-corrected chi connectivity index (χ4v) is 1.83. The van der Waals surface area contributed by atoms with E-state index in [-0.39, 0.29) is 16.4 Å². The SMILES string of the molecule is O=CNc1c([N+](=O)[O-])cc(Cl)c2ccncc12. The summed E-state index contributed by atoms with van der Waals surface area (Å²) in [4.78, 5) is 24.6. The number of carbonyl (C=O) groups is 1. The minimum absolute atomic E-state index is 0.0949. The van der Waals surface area contributed by atoms with Gasteiger partial charge in [-0.1, -0.05) is 11.6 Å². The highest BCUT2D eigenvalue weighted by Gasteiger charge is 2.19. The molecular weight excluding hydrogens is 246 g/mol. The number of amides is 1. The van der Waals surface area contributed by atoms with Gasteiger partial charge in [0.25, 0.3) is 5.69 Å². The molecule has 17 heavy (non-hydrogen) atoms. The first-order valence-corrected chi connectivity index (χ1v) is 4.93. The van der Waals surface area contributed by atoms with Crippen LogP contribution in [-0.2, 0) is 4.79 Å². The van der Waals surface area contributed by atoms with E-state index in [2.05, 4.69) is 10.3 Å². The van der Waals surface area contributed by atoms with Gasteiger partial charge in [-0.05, 0) is 6.07 Å². The summed E-state index contributed by atoms with van der Waals surface area (Å²) in [7, 11) is 0. The maximum Gasteiger partial charge on any atom is 0.294 e. The molecule has 0 spiro atoms. The number of nitrogens with zero attached hydrogens (tertiary/aromatic N) is 2. The third kappa shape index (κ3) is 1.90. The molecule has 0 unspecified atom stereocenters. The van der Waals surface area contributed by atoms with Crippen molar-refractivity contribution in [3.05, 3.63) is 39.7 Å².